The zero-order chi connectivity index (χ0) is 14.9. The van der Waals surface area contributed by atoms with Crippen molar-refractivity contribution in [3.05, 3.63) is 23.3 Å². The minimum absolute atomic E-state index is 0.140. The van der Waals surface area contributed by atoms with Gasteiger partial charge in [-0.1, -0.05) is 0 Å². The number of carbonyl (C=O) groups is 1. The quantitative estimate of drug-likeness (QED) is 0.882. The molecular weight excluding hydrogens is 272 g/mol. The predicted octanol–water partition coefficient (Wildman–Crippen LogP) is 1.72. The number of carboxylic acids is 1. The molecular formula is C13H15F2NO4. The molecule has 1 aromatic rings. The molecule has 1 saturated heterocycles. The lowest BCUT2D eigenvalue weighted by atomic mass is 9.99. The number of halogens is 2. The van der Waals surface area contributed by atoms with E-state index in [0.717, 1.165) is 7.11 Å². The van der Waals surface area contributed by atoms with E-state index in [2.05, 4.69) is 5.32 Å². The summed E-state index contributed by atoms with van der Waals surface area (Å²) in [4.78, 5) is 10.9. The normalized spacial score (nSPS) is 21.8. The molecule has 0 saturated carbocycles. The van der Waals surface area contributed by atoms with Crippen molar-refractivity contribution in [1.82, 2.24) is 5.32 Å². The fourth-order valence-corrected chi connectivity index (χ4v) is 2.35. The van der Waals surface area contributed by atoms with E-state index in [1.807, 2.05) is 0 Å². The number of hydrogen-bond acceptors (Lipinski definition) is 4. The van der Waals surface area contributed by atoms with E-state index in [1.54, 1.807) is 0 Å². The number of nitrogens with one attached hydrogen (secondary N) is 1. The number of aliphatic carboxylic acids is 1. The Bertz CT molecular complexity index is 536. The van der Waals surface area contributed by atoms with Gasteiger partial charge in [0.2, 0.25) is 5.82 Å². The maximum atomic E-state index is 14.2. The van der Waals surface area contributed by atoms with Crippen LogP contribution < -0.4 is 14.8 Å². The fraction of sp³-hybridized carbons (Fsp3) is 0.462. The molecule has 0 bridgehead atoms. The predicted molar refractivity (Wildman–Crippen MR) is 65.9 cm³/mol. The summed E-state index contributed by atoms with van der Waals surface area (Å²) in [6, 6.07) is 0.717. The van der Waals surface area contributed by atoms with Crippen LogP contribution in [-0.4, -0.2) is 31.8 Å². The van der Waals surface area contributed by atoms with Crippen molar-refractivity contribution in [3.63, 3.8) is 0 Å². The lowest BCUT2D eigenvalue weighted by Crippen LogP contribution is -2.18. The van der Waals surface area contributed by atoms with Crippen molar-refractivity contribution in [1.29, 1.82) is 0 Å². The van der Waals surface area contributed by atoms with E-state index >= 15 is 0 Å². The molecule has 2 unspecified atom stereocenters. The zero-order valence-corrected chi connectivity index (χ0v) is 11.1. The molecule has 20 heavy (non-hydrogen) atoms. The van der Waals surface area contributed by atoms with Crippen LogP contribution in [0.15, 0.2) is 6.07 Å². The van der Waals surface area contributed by atoms with Gasteiger partial charge < -0.3 is 19.9 Å². The molecule has 7 heteroatoms. The summed E-state index contributed by atoms with van der Waals surface area (Å²) < 4.78 is 37.6. The van der Waals surface area contributed by atoms with Gasteiger partial charge in [-0.2, -0.15) is 4.39 Å². The van der Waals surface area contributed by atoms with Crippen molar-refractivity contribution in [2.75, 3.05) is 20.8 Å². The van der Waals surface area contributed by atoms with Gasteiger partial charge in [-0.05, 0) is 12.5 Å². The Morgan fingerprint density at radius 1 is 1.35 bits per heavy atom. The summed E-state index contributed by atoms with van der Waals surface area (Å²) in [5.74, 6) is -3.96. The largest absolute Gasteiger partial charge is 0.494 e. The van der Waals surface area contributed by atoms with Gasteiger partial charge in [-0.15, -0.1) is 0 Å². The molecule has 0 spiro atoms. The molecule has 110 valence electrons. The van der Waals surface area contributed by atoms with E-state index < -0.39 is 35.3 Å². The summed E-state index contributed by atoms with van der Waals surface area (Å²) in [6.45, 7) is 0.238. The highest BCUT2D eigenvalue weighted by atomic mass is 19.1. The lowest BCUT2D eigenvalue weighted by molar-refractivity contribution is -0.141. The Morgan fingerprint density at radius 3 is 2.55 bits per heavy atom. The molecule has 1 fully saturated rings. The van der Waals surface area contributed by atoms with Gasteiger partial charge >= 0.3 is 5.97 Å². The summed E-state index contributed by atoms with van der Waals surface area (Å²) in [5, 5.41) is 11.9. The maximum Gasteiger partial charge on any atom is 0.307 e. The molecule has 2 rings (SSSR count). The van der Waals surface area contributed by atoms with Crippen LogP contribution in [0.3, 0.4) is 0 Å². The first-order valence-corrected chi connectivity index (χ1v) is 6.05. The Labute approximate surface area is 114 Å². The third kappa shape index (κ3) is 2.40. The smallest absolute Gasteiger partial charge is 0.307 e. The first-order chi connectivity index (χ1) is 9.49. The van der Waals surface area contributed by atoms with E-state index in [0.29, 0.717) is 0 Å². The Kier molecular flexibility index (Phi) is 4.08. The average molecular weight is 287 g/mol. The first kappa shape index (κ1) is 14.5. The number of ether oxygens (including phenoxy) is 2. The average Bonchev–Trinajstić information content (AvgIpc) is 2.89. The molecule has 5 nitrogen and oxygen atoms in total. The summed E-state index contributed by atoms with van der Waals surface area (Å²) in [7, 11) is 2.43. The van der Waals surface area contributed by atoms with Crippen molar-refractivity contribution in [2.24, 2.45) is 5.92 Å². The monoisotopic (exact) mass is 287 g/mol. The SMILES string of the molecule is COc1cc(C2CC(C(=O)O)CN2)c(F)c(OC)c1F. The second-order valence-electron chi connectivity index (χ2n) is 4.56. The van der Waals surface area contributed by atoms with E-state index in [-0.39, 0.29) is 24.3 Å². The second kappa shape index (κ2) is 5.62. The summed E-state index contributed by atoms with van der Waals surface area (Å²) in [5.41, 5.74) is 0.142. The highest BCUT2D eigenvalue weighted by Gasteiger charge is 2.33. The molecule has 1 heterocycles. The van der Waals surface area contributed by atoms with Gasteiger partial charge in [-0.25, -0.2) is 4.39 Å². The number of benzene rings is 1. The van der Waals surface area contributed by atoms with Gasteiger partial charge in [0.15, 0.2) is 17.3 Å². The molecule has 1 aliphatic heterocycles. The molecule has 1 aromatic carbocycles. The molecule has 2 atom stereocenters. The number of rotatable bonds is 4. The summed E-state index contributed by atoms with van der Waals surface area (Å²) >= 11 is 0. The van der Waals surface area contributed by atoms with E-state index in [1.165, 1.54) is 13.2 Å². The van der Waals surface area contributed by atoms with Gasteiger partial charge in [0.25, 0.3) is 0 Å². The Balaban J connectivity index is 2.40. The van der Waals surface area contributed by atoms with Gasteiger partial charge in [0.05, 0.1) is 20.1 Å². The van der Waals surface area contributed by atoms with E-state index in [4.69, 9.17) is 14.6 Å². The summed E-state index contributed by atoms with van der Waals surface area (Å²) in [6.07, 6.45) is 0.226. The standard InChI is InChI=1S/C13H15F2NO4/c1-19-9-4-7(10(14)12(20-2)11(9)15)8-3-6(5-16-8)13(17)18/h4,6,8,16H,3,5H2,1-2H3,(H,17,18). The van der Waals surface area contributed by atoms with Crippen LogP contribution in [0.1, 0.15) is 18.0 Å². The van der Waals surface area contributed by atoms with Gasteiger partial charge in [0, 0.05) is 18.2 Å². The van der Waals surface area contributed by atoms with Crippen molar-refractivity contribution in [2.45, 2.75) is 12.5 Å². The molecule has 0 aromatic heterocycles. The van der Waals surface area contributed by atoms with Crippen molar-refractivity contribution < 1.29 is 28.2 Å². The number of carboxylic acid groups (broad SMARTS) is 1. The van der Waals surface area contributed by atoms with Crippen LogP contribution in [0, 0.1) is 17.6 Å². The van der Waals surface area contributed by atoms with Crippen molar-refractivity contribution in [3.8, 4) is 11.5 Å². The molecule has 0 radical (unpaired) electrons. The zero-order valence-electron chi connectivity index (χ0n) is 11.1. The third-order valence-corrected chi connectivity index (χ3v) is 3.43. The van der Waals surface area contributed by atoms with Crippen LogP contribution in [0.5, 0.6) is 11.5 Å². The first-order valence-electron chi connectivity index (χ1n) is 6.05. The van der Waals surface area contributed by atoms with Crippen LogP contribution in [0.4, 0.5) is 8.78 Å². The highest BCUT2D eigenvalue weighted by Crippen LogP contribution is 2.38. The molecule has 2 N–H and O–H groups in total. The van der Waals surface area contributed by atoms with Gasteiger partial charge in [-0.3, -0.25) is 4.79 Å². The third-order valence-electron chi connectivity index (χ3n) is 3.43. The van der Waals surface area contributed by atoms with Crippen molar-refractivity contribution >= 4 is 5.97 Å². The van der Waals surface area contributed by atoms with Crippen LogP contribution in [0.25, 0.3) is 0 Å². The topological polar surface area (TPSA) is 67.8 Å². The van der Waals surface area contributed by atoms with Gasteiger partial charge in [0.1, 0.15) is 0 Å². The Hall–Kier alpha value is -1.89. The highest BCUT2D eigenvalue weighted by molar-refractivity contribution is 5.70. The number of methoxy groups -OCH3 is 2. The minimum atomic E-state index is -0.943. The van der Waals surface area contributed by atoms with E-state index in [9.17, 15) is 13.6 Å². The minimum Gasteiger partial charge on any atom is -0.494 e. The van der Waals surface area contributed by atoms with Crippen LogP contribution in [0.2, 0.25) is 0 Å². The molecule has 1 aliphatic rings. The number of hydrogen-bond donors (Lipinski definition) is 2. The maximum absolute atomic E-state index is 14.2. The van der Waals surface area contributed by atoms with Crippen LogP contribution >= 0.6 is 0 Å². The fourth-order valence-electron chi connectivity index (χ4n) is 2.35. The Morgan fingerprint density at radius 2 is 2.05 bits per heavy atom. The second-order valence-corrected chi connectivity index (χ2v) is 4.56. The lowest BCUT2D eigenvalue weighted by Gasteiger charge is -2.16. The molecule has 0 amide bonds. The van der Waals surface area contributed by atoms with Crippen LogP contribution in [-0.2, 0) is 4.79 Å². The molecule has 0 aliphatic carbocycles.